The second-order valence-corrected chi connectivity index (χ2v) is 5.62. The molecule has 0 aliphatic carbocycles. The summed E-state index contributed by atoms with van der Waals surface area (Å²) in [6.07, 6.45) is 5.51. The predicted octanol–water partition coefficient (Wildman–Crippen LogP) is 3.73. The first-order valence-electron chi connectivity index (χ1n) is 7.84. The summed E-state index contributed by atoms with van der Waals surface area (Å²) in [5.74, 6) is 2.62. The van der Waals surface area contributed by atoms with Crippen LogP contribution in [0.25, 0.3) is 12.2 Å². The molecule has 0 spiro atoms. The quantitative estimate of drug-likeness (QED) is 0.800. The Bertz CT molecular complexity index is 924. The highest BCUT2D eigenvalue weighted by molar-refractivity contribution is 6.15. The highest BCUT2D eigenvalue weighted by Gasteiger charge is 2.31. The first kappa shape index (κ1) is 15.3. The molecule has 2 aliphatic heterocycles. The van der Waals surface area contributed by atoms with Crippen molar-refractivity contribution in [1.82, 2.24) is 0 Å². The van der Waals surface area contributed by atoms with E-state index >= 15 is 0 Å². The third-order valence-corrected chi connectivity index (χ3v) is 4.16. The van der Waals surface area contributed by atoms with Gasteiger partial charge in [0.1, 0.15) is 18.1 Å². The van der Waals surface area contributed by atoms with Gasteiger partial charge in [0.25, 0.3) is 0 Å². The van der Waals surface area contributed by atoms with Crippen LogP contribution in [0.3, 0.4) is 0 Å². The number of methoxy groups -OCH3 is 2. The summed E-state index contributed by atoms with van der Waals surface area (Å²) in [7, 11) is 3.15. The van der Waals surface area contributed by atoms with E-state index in [1.807, 2.05) is 18.2 Å². The van der Waals surface area contributed by atoms with Gasteiger partial charge >= 0.3 is 0 Å². The van der Waals surface area contributed by atoms with Crippen LogP contribution in [0, 0.1) is 0 Å². The topological polar surface area (TPSA) is 54.0 Å². The summed E-state index contributed by atoms with van der Waals surface area (Å²) < 4.78 is 22.0. The highest BCUT2D eigenvalue weighted by atomic mass is 16.5. The van der Waals surface area contributed by atoms with Gasteiger partial charge in [0.15, 0.2) is 17.3 Å². The van der Waals surface area contributed by atoms with Crippen molar-refractivity contribution in [2.24, 2.45) is 0 Å². The first-order chi connectivity index (χ1) is 12.2. The molecule has 5 heteroatoms. The fourth-order valence-corrected chi connectivity index (χ4v) is 2.94. The molecule has 0 radical (unpaired) electrons. The lowest BCUT2D eigenvalue weighted by molar-refractivity contribution is 0.101. The monoisotopic (exact) mass is 336 g/mol. The summed E-state index contributed by atoms with van der Waals surface area (Å²) in [5, 5.41) is 0. The number of hydrogen-bond donors (Lipinski definition) is 0. The first-order valence-corrected chi connectivity index (χ1v) is 7.84. The van der Waals surface area contributed by atoms with Crippen molar-refractivity contribution in [2.45, 2.75) is 0 Å². The van der Waals surface area contributed by atoms with E-state index in [-0.39, 0.29) is 11.5 Å². The van der Waals surface area contributed by atoms with E-state index in [9.17, 15) is 4.79 Å². The van der Waals surface area contributed by atoms with E-state index in [1.165, 1.54) is 0 Å². The third kappa shape index (κ3) is 2.54. The van der Waals surface area contributed by atoms with E-state index < -0.39 is 0 Å². The SMILES string of the molecule is COc1ccc(/C=C2\Oc3c(ccc4c3C=CCO4)C2=O)cc1OC. The number of ether oxygens (including phenoxy) is 4. The fourth-order valence-electron chi connectivity index (χ4n) is 2.94. The molecule has 2 aliphatic rings. The third-order valence-electron chi connectivity index (χ3n) is 4.16. The van der Waals surface area contributed by atoms with Crippen molar-refractivity contribution in [1.29, 1.82) is 0 Å². The molecule has 0 fully saturated rings. The smallest absolute Gasteiger partial charge is 0.231 e. The van der Waals surface area contributed by atoms with Crippen molar-refractivity contribution < 1.29 is 23.7 Å². The Labute approximate surface area is 145 Å². The second-order valence-electron chi connectivity index (χ2n) is 5.62. The molecule has 25 heavy (non-hydrogen) atoms. The maximum absolute atomic E-state index is 12.7. The molecule has 0 bridgehead atoms. The molecule has 0 atom stereocenters. The Morgan fingerprint density at radius 1 is 1.08 bits per heavy atom. The predicted molar refractivity (Wildman–Crippen MR) is 93.5 cm³/mol. The van der Waals surface area contributed by atoms with Crippen molar-refractivity contribution in [3.63, 3.8) is 0 Å². The van der Waals surface area contributed by atoms with Crippen LogP contribution in [0.15, 0.2) is 42.2 Å². The van der Waals surface area contributed by atoms with E-state index in [2.05, 4.69) is 0 Å². The Balaban J connectivity index is 1.72. The zero-order valence-corrected chi connectivity index (χ0v) is 13.9. The number of carbonyl (C=O) groups is 1. The molecule has 2 aromatic carbocycles. The van der Waals surface area contributed by atoms with Crippen LogP contribution < -0.4 is 18.9 Å². The van der Waals surface area contributed by atoms with Gasteiger partial charge in [-0.1, -0.05) is 6.07 Å². The highest BCUT2D eigenvalue weighted by Crippen LogP contribution is 2.42. The number of rotatable bonds is 3. The zero-order valence-electron chi connectivity index (χ0n) is 13.9. The van der Waals surface area contributed by atoms with E-state index in [0.717, 1.165) is 16.9 Å². The van der Waals surface area contributed by atoms with Gasteiger partial charge in [-0.3, -0.25) is 4.79 Å². The molecule has 0 N–H and O–H groups in total. The molecule has 5 nitrogen and oxygen atoms in total. The van der Waals surface area contributed by atoms with Gasteiger partial charge in [-0.15, -0.1) is 0 Å². The van der Waals surface area contributed by atoms with Crippen molar-refractivity contribution in [3.05, 3.63) is 58.9 Å². The summed E-state index contributed by atoms with van der Waals surface area (Å²) in [6, 6.07) is 8.97. The summed E-state index contributed by atoms with van der Waals surface area (Å²) in [6.45, 7) is 0.522. The molecular formula is C20H16O5. The van der Waals surface area contributed by atoms with Crippen molar-refractivity contribution in [3.8, 4) is 23.0 Å². The van der Waals surface area contributed by atoms with Crippen LogP contribution in [-0.2, 0) is 0 Å². The van der Waals surface area contributed by atoms with Gasteiger partial charge in [0, 0.05) is 0 Å². The number of allylic oxidation sites excluding steroid dienone is 1. The average Bonchev–Trinajstić information content (AvgIpc) is 2.98. The molecular weight excluding hydrogens is 320 g/mol. The summed E-state index contributed by atoms with van der Waals surface area (Å²) in [4.78, 5) is 12.7. The van der Waals surface area contributed by atoms with Gasteiger partial charge < -0.3 is 18.9 Å². The normalized spacial score (nSPS) is 16.1. The van der Waals surface area contributed by atoms with Crippen LogP contribution in [0.1, 0.15) is 21.5 Å². The van der Waals surface area contributed by atoms with Crippen LogP contribution in [-0.4, -0.2) is 26.6 Å². The Kier molecular flexibility index (Phi) is 3.69. The largest absolute Gasteiger partial charge is 0.493 e. The standard InChI is InChI=1S/C20H16O5/c1-22-16-7-5-12(10-17(16)23-2)11-18-19(21)14-6-8-15-13(20(14)25-18)4-3-9-24-15/h3-8,10-11H,9H2,1-2H3/b18-11-. The summed E-state index contributed by atoms with van der Waals surface area (Å²) >= 11 is 0. The maximum Gasteiger partial charge on any atom is 0.231 e. The number of fused-ring (bicyclic) bond motifs is 3. The van der Waals surface area contributed by atoms with Crippen molar-refractivity contribution >= 4 is 17.9 Å². The number of ketones is 1. The molecule has 0 aromatic heterocycles. The lowest BCUT2D eigenvalue weighted by atomic mass is 10.0. The maximum atomic E-state index is 12.7. The number of benzene rings is 2. The second kappa shape index (κ2) is 6.02. The van der Waals surface area contributed by atoms with Gasteiger partial charge in [-0.25, -0.2) is 0 Å². The van der Waals surface area contributed by atoms with Crippen LogP contribution >= 0.6 is 0 Å². The Morgan fingerprint density at radius 2 is 1.92 bits per heavy atom. The van der Waals surface area contributed by atoms with Gasteiger partial charge in [0.05, 0.1) is 25.3 Å². The Hall–Kier alpha value is -3.21. The number of carbonyl (C=O) groups excluding carboxylic acids is 1. The van der Waals surface area contributed by atoms with Gasteiger partial charge in [0.2, 0.25) is 5.78 Å². The van der Waals surface area contributed by atoms with E-state index in [4.69, 9.17) is 18.9 Å². The van der Waals surface area contributed by atoms with Crippen LogP contribution in [0.5, 0.6) is 23.0 Å². The molecule has 0 amide bonds. The summed E-state index contributed by atoms with van der Waals surface area (Å²) in [5.41, 5.74) is 2.13. The molecule has 0 saturated heterocycles. The molecule has 0 saturated carbocycles. The zero-order chi connectivity index (χ0) is 17.4. The molecule has 126 valence electrons. The van der Waals surface area contributed by atoms with Crippen molar-refractivity contribution in [2.75, 3.05) is 20.8 Å². The van der Waals surface area contributed by atoms with Gasteiger partial charge in [-0.05, 0) is 48.1 Å². The Morgan fingerprint density at radius 3 is 2.72 bits per heavy atom. The van der Waals surface area contributed by atoms with Gasteiger partial charge in [-0.2, -0.15) is 0 Å². The average molecular weight is 336 g/mol. The molecule has 2 aromatic rings. The minimum absolute atomic E-state index is 0.147. The molecule has 2 heterocycles. The minimum Gasteiger partial charge on any atom is -0.493 e. The van der Waals surface area contributed by atoms with E-state index in [1.54, 1.807) is 44.6 Å². The number of Topliss-reactive ketones (excluding diaryl/α,β-unsaturated/α-hetero) is 1. The number of hydrogen-bond acceptors (Lipinski definition) is 5. The lowest BCUT2D eigenvalue weighted by Crippen LogP contribution is -2.01. The molecule has 4 rings (SSSR count). The van der Waals surface area contributed by atoms with Crippen LogP contribution in [0.4, 0.5) is 0 Å². The van der Waals surface area contributed by atoms with Crippen LogP contribution in [0.2, 0.25) is 0 Å². The fraction of sp³-hybridized carbons (Fsp3) is 0.150. The van der Waals surface area contributed by atoms with E-state index in [0.29, 0.717) is 29.4 Å². The molecule has 0 unspecified atom stereocenters. The minimum atomic E-state index is -0.147. The lowest BCUT2D eigenvalue weighted by Gasteiger charge is -2.14.